The Labute approximate surface area is 137 Å². The molecule has 4 nitrogen and oxygen atoms in total. The average molecular weight is 321 g/mol. The van der Waals surface area contributed by atoms with Crippen LogP contribution in [0.1, 0.15) is 39.7 Å². The predicted molar refractivity (Wildman–Crippen MR) is 88.0 cm³/mol. The lowest BCUT2D eigenvalue weighted by molar-refractivity contribution is 0.00578. The SMILES string of the molecule is CC1(C)OB(c2ccc(CN3CCC(O)C3)c(F)c2)OC1(C)C. The van der Waals surface area contributed by atoms with Crippen LogP contribution in [0, 0.1) is 5.82 Å². The van der Waals surface area contributed by atoms with Gasteiger partial charge >= 0.3 is 7.12 Å². The molecule has 0 aromatic heterocycles. The van der Waals surface area contributed by atoms with E-state index in [0.29, 0.717) is 24.1 Å². The summed E-state index contributed by atoms with van der Waals surface area (Å²) in [6.07, 6.45) is 0.468. The molecule has 6 heteroatoms. The Bertz CT molecular complexity index is 577. The van der Waals surface area contributed by atoms with Crippen molar-refractivity contribution >= 4 is 12.6 Å². The lowest BCUT2D eigenvalue weighted by atomic mass is 9.78. The van der Waals surface area contributed by atoms with E-state index in [4.69, 9.17) is 9.31 Å². The smallest absolute Gasteiger partial charge is 0.399 e. The van der Waals surface area contributed by atoms with E-state index in [9.17, 15) is 9.50 Å². The molecule has 0 spiro atoms. The number of aliphatic hydroxyl groups excluding tert-OH is 1. The van der Waals surface area contributed by atoms with Gasteiger partial charge in [-0.25, -0.2) is 4.39 Å². The Kier molecular flexibility index (Phi) is 4.30. The maximum absolute atomic E-state index is 14.4. The van der Waals surface area contributed by atoms with Gasteiger partial charge in [-0.2, -0.15) is 0 Å². The summed E-state index contributed by atoms with van der Waals surface area (Å²) >= 11 is 0. The zero-order valence-corrected chi connectivity index (χ0v) is 14.3. The van der Waals surface area contributed by atoms with Crippen LogP contribution in [-0.4, -0.2) is 47.5 Å². The van der Waals surface area contributed by atoms with Crippen molar-refractivity contribution < 1.29 is 18.8 Å². The van der Waals surface area contributed by atoms with Gasteiger partial charge in [-0.3, -0.25) is 4.90 Å². The second kappa shape index (κ2) is 5.85. The number of rotatable bonds is 3. The highest BCUT2D eigenvalue weighted by Crippen LogP contribution is 2.36. The van der Waals surface area contributed by atoms with Crippen LogP contribution in [0.5, 0.6) is 0 Å². The zero-order valence-electron chi connectivity index (χ0n) is 14.3. The zero-order chi connectivity index (χ0) is 16.8. The largest absolute Gasteiger partial charge is 0.494 e. The second-order valence-electron chi connectivity index (χ2n) is 7.62. The van der Waals surface area contributed by atoms with Crippen molar-refractivity contribution in [1.29, 1.82) is 0 Å². The summed E-state index contributed by atoms with van der Waals surface area (Å²) in [5.74, 6) is -0.251. The van der Waals surface area contributed by atoms with Crippen LogP contribution in [0.25, 0.3) is 0 Å². The molecular weight excluding hydrogens is 296 g/mol. The van der Waals surface area contributed by atoms with Gasteiger partial charge < -0.3 is 14.4 Å². The van der Waals surface area contributed by atoms with Crippen LogP contribution in [0.4, 0.5) is 4.39 Å². The van der Waals surface area contributed by atoms with Crippen LogP contribution in [0.2, 0.25) is 0 Å². The normalized spacial score (nSPS) is 26.9. The van der Waals surface area contributed by atoms with Crippen molar-refractivity contribution in [3.05, 3.63) is 29.6 Å². The van der Waals surface area contributed by atoms with Crippen LogP contribution in [0.15, 0.2) is 18.2 Å². The highest BCUT2D eigenvalue weighted by molar-refractivity contribution is 6.62. The highest BCUT2D eigenvalue weighted by Gasteiger charge is 2.51. The second-order valence-corrected chi connectivity index (χ2v) is 7.62. The first-order valence-corrected chi connectivity index (χ1v) is 8.22. The highest BCUT2D eigenvalue weighted by atomic mass is 19.1. The molecular formula is C17H25BFNO3. The third-order valence-corrected chi connectivity index (χ3v) is 5.24. The predicted octanol–water partition coefficient (Wildman–Crippen LogP) is 1.69. The van der Waals surface area contributed by atoms with Gasteiger partial charge in [0.25, 0.3) is 0 Å². The molecule has 1 unspecified atom stereocenters. The summed E-state index contributed by atoms with van der Waals surface area (Å²) < 4.78 is 26.4. The van der Waals surface area contributed by atoms with Crippen LogP contribution in [-0.2, 0) is 15.9 Å². The number of nitrogens with zero attached hydrogens (tertiary/aromatic N) is 1. The van der Waals surface area contributed by atoms with Crippen LogP contribution < -0.4 is 5.46 Å². The topological polar surface area (TPSA) is 41.9 Å². The van der Waals surface area contributed by atoms with Crippen LogP contribution >= 0.6 is 0 Å². The third kappa shape index (κ3) is 3.31. The molecule has 0 aliphatic carbocycles. The molecule has 1 aromatic rings. The number of β-amino-alcohol motifs (C(OH)–C–C–N with tert-alkyl or cyclic N) is 1. The van der Waals surface area contributed by atoms with Crippen molar-refractivity contribution in [1.82, 2.24) is 4.90 Å². The van der Waals surface area contributed by atoms with Crippen molar-refractivity contribution in [3.8, 4) is 0 Å². The Balaban J connectivity index is 1.73. The monoisotopic (exact) mass is 321 g/mol. The van der Waals surface area contributed by atoms with E-state index >= 15 is 0 Å². The molecule has 3 rings (SSSR count). The van der Waals surface area contributed by atoms with Gasteiger partial charge in [-0.15, -0.1) is 0 Å². The molecule has 2 heterocycles. The Morgan fingerprint density at radius 3 is 2.43 bits per heavy atom. The minimum absolute atomic E-state index is 0.251. The first kappa shape index (κ1) is 16.9. The fourth-order valence-corrected chi connectivity index (χ4v) is 3.01. The summed E-state index contributed by atoms with van der Waals surface area (Å²) in [6.45, 7) is 9.87. The van der Waals surface area contributed by atoms with Crippen LogP contribution in [0.3, 0.4) is 0 Å². The number of hydrogen-bond donors (Lipinski definition) is 1. The van der Waals surface area contributed by atoms with E-state index in [2.05, 4.69) is 4.90 Å². The molecule has 2 fully saturated rings. The van der Waals surface area contributed by atoms with Crippen molar-refractivity contribution in [3.63, 3.8) is 0 Å². The van der Waals surface area contributed by atoms with E-state index in [-0.39, 0.29) is 11.9 Å². The fourth-order valence-electron chi connectivity index (χ4n) is 3.01. The first-order chi connectivity index (χ1) is 10.7. The van der Waals surface area contributed by atoms with Gasteiger partial charge in [0.1, 0.15) is 5.82 Å². The average Bonchev–Trinajstić information content (AvgIpc) is 2.93. The molecule has 126 valence electrons. The van der Waals surface area contributed by atoms with Crippen molar-refractivity contribution in [2.75, 3.05) is 13.1 Å². The standard InChI is InChI=1S/C17H25BFNO3/c1-16(2)17(3,4)23-18(22-16)13-6-5-12(15(19)9-13)10-20-8-7-14(21)11-20/h5-6,9,14,21H,7-8,10-11H2,1-4H3. The Morgan fingerprint density at radius 2 is 1.91 bits per heavy atom. The van der Waals surface area contributed by atoms with Gasteiger partial charge in [-0.1, -0.05) is 12.1 Å². The molecule has 0 radical (unpaired) electrons. The molecule has 0 bridgehead atoms. The number of halogens is 1. The van der Waals surface area contributed by atoms with E-state index in [1.54, 1.807) is 6.07 Å². The molecule has 0 saturated carbocycles. The minimum atomic E-state index is -0.544. The van der Waals surface area contributed by atoms with Gasteiger partial charge in [0.05, 0.1) is 17.3 Å². The number of benzene rings is 1. The third-order valence-electron chi connectivity index (χ3n) is 5.24. The summed E-state index contributed by atoms with van der Waals surface area (Å²) in [5, 5.41) is 9.56. The Hall–Kier alpha value is -0.945. The van der Waals surface area contributed by atoms with E-state index in [1.807, 2.05) is 33.8 Å². The molecule has 2 aliphatic heterocycles. The summed E-state index contributed by atoms with van der Waals surface area (Å²) in [5.41, 5.74) is 0.475. The molecule has 1 aromatic carbocycles. The van der Waals surface area contributed by atoms with E-state index < -0.39 is 18.3 Å². The maximum atomic E-state index is 14.4. The van der Waals surface area contributed by atoms with Crippen molar-refractivity contribution in [2.45, 2.75) is 58.0 Å². The van der Waals surface area contributed by atoms with Gasteiger partial charge in [0.2, 0.25) is 0 Å². The molecule has 1 N–H and O–H groups in total. The maximum Gasteiger partial charge on any atom is 0.494 e. The molecule has 2 saturated heterocycles. The van der Waals surface area contributed by atoms with Gasteiger partial charge in [0.15, 0.2) is 0 Å². The number of aliphatic hydroxyl groups is 1. The molecule has 1 atom stereocenters. The molecule has 0 amide bonds. The van der Waals surface area contributed by atoms with Gasteiger partial charge in [0, 0.05) is 25.2 Å². The van der Waals surface area contributed by atoms with Crippen molar-refractivity contribution in [2.24, 2.45) is 0 Å². The molecule has 2 aliphatic rings. The molecule has 23 heavy (non-hydrogen) atoms. The summed E-state index contributed by atoms with van der Waals surface area (Å²) in [6, 6.07) is 5.16. The summed E-state index contributed by atoms with van der Waals surface area (Å²) in [7, 11) is -0.544. The lowest BCUT2D eigenvalue weighted by Crippen LogP contribution is -2.41. The van der Waals surface area contributed by atoms with E-state index in [1.165, 1.54) is 6.07 Å². The minimum Gasteiger partial charge on any atom is -0.399 e. The van der Waals surface area contributed by atoms with E-state index in [0.717, 1.165) is 13.0 Å². The first-order valence-electron chi connectivity index (χ1n) is 8.22. The summed E-state index contributed by atoms with van der Waals surface area (Å²) in [4.78, 5) is 2.07. The number of hydrogen-bond acceptors (Lipinski definition) is 4. The van der Waals surface area contributed by atoms with Gasteiger partial charge in [-0.05, 0) is 45.6 Å². The Morgan fingerprint density at radius 1 is 1.26 bits per heavy atom. The fraction of sp³-hybridized carbons (Fsp3) is 0.647. The quantitative estimate of drug-likeness (QED) is 0.861. The lowest BCUT2D eigenvalue weighted by Gasteiger charge is -2.32. The number of likely N-dealkylation sites (tertiary alicyclic amines) is 1.